The van der Waals surface area contributed by atoms with Crippen LogP contribution in [0, 0.1) is 30.5 Å². The van der Waals surface area contributed by atoms with Crippen LogP contribution in [0.3, 0.4) is 0 Å². The number of pyridine rings is 2. The van der Waals surface area contributed by atoms with Crippen LogP contribution in [-0.2, 0) is 16.6 Å². The molecule has 2 aliphatic rings. The van der Waals surface area contributed by atoms with E-state index in [0.29, 0.717) is 17.5 Å². The Kier molecular flexibility index (Phi) is 7.13. The molecule has 10 heteroatoms. The molecule has 1 saturated carbocycles. The van der Waals surface area contributed by atoms with Gasteiger partial charge in [-0.1, -0.05) is 42.8 Å². The van der Waals surface area contributed by atoms with Gasteiger partial charge in [-0.25, -0.2) is 14.4 Å². The number of rotatable bonds is 7. The molecular formula is C27H31F2N5O2S. The van der Waals surface area contributed by atoms with Crippen molar-refractivity contribution < 1.29 is 17.2 Å². The van der Waals surface area contributed by atoms with Gasteiger partial charge in [-0.15, -0.1) is 0 Å². The lowest BCUT2D eigenvalue weighted by molar-refractivity contribution is 0.0567. The number of anilines is 2. The number of aromatic nitrogens is 2. The number of sulfonamides is 1. The fourth-order valence-electron chi connectivity index (χ4n) is 6.01. The molecule has 2 bridgehead atoms. The molecule has 196 valence electrons. The molecule has 3 aromatic rings. The van der Waals surface area contributed by atoms with E-state index in [-0.39, 0.29) is 17.4 Å². The van der Waals surface area contributed by atoms with Crippen molar-refractivity contribution in [2.45, 2.75) is 43.8 Å². The Morgan fingerprint density at radius 1 is 1.05 bits per heavy atom. The van der Waals surface area contributed by atoms with E-state index in [0.717, 1.165) is 38.5 Å². The summed E-state index contributed by atoms with van der Waals surface area (Å²) in [6, 6.07) is 14.4. The summed E-state index contributed by atoms with van der Waals surface area (Å²) in [4.78, 5) is 12.1. The smallest absolute Gasteiger partial charge is 0.283 e. The van der Waals surface area contributed by atoms with Crippen LogP contribution in [0.4, 0.5) is 20.3 Å². The second-order valence-corrected chi connectivity index (χ2v) is 11.7. The van der Waals surface area contributed by atoms with E-state index < -0.39 is 26.8 Å². The highest BCUT2D eigenvalue weighted by molar-refractivity contribution is 7.92. The fourth-order valence-corrected chi connectivity index (χ4v) is 7.08. The quantitative estimate of drug-likeness (QED) is 0.453. The van der Waals surface area contributed by atoms with Gasteiger partial charge in [0.2, 0.25) is 11.0 Å². The van der Waals surface area contributed by atoms with Crippen LogP contribution >= 0.6 is 0 Å². The highest BCUT2D eigenvalue weighted by Crippen LogP contribution is 2.40. The molecule has 3 heterocycles. The van der Waals surface area contributed by atoms with Crippen molar-refractivity contribution in [1.82, 2.24) is 14.9 Å². The lowest BCUT2D eigenvalue weighted by Crippen LogP contribution is -2.57. The van der Waals surface area contributed by atoms with Crippen LogP contribution in [0.2, 0.25) is 0 Å². The Morgan fingerprint density at radius 3 is 2.43 bits per heavy atom. The van der Waals surface area contributed by atoms with Gasteiger partial charge in [-0.05, 0) is 49.3 Å². The first-order chi connectivity index (χ1) is 17.7. The first-order valence-electron chi connectivity index (χ1n) is 12.5. The third kappa shape index (κ3) is 5.31. The second kappa shape index (κ2) is 10.3. The second-order valence-electron chi connectivity index (χ2n) is 10.1. The van der Waals surface area contributed by atoms with Gasteiger partial charge >= 0.3 is 0 Å². The summed E-state index contributed by atoms with van der Waals surface area (Å²) in [6.07, 6.45) is 4.81. The molecule has 1 saturated heterocycles. The minimum Gasteiger partial charge on any atom is -0.369 e. The lowest BCUT2D eigenvalue weighted by atomic mass is 9.72. The number of piperidine rings is 1. The van der Waals surface area contributed by atoms with E-state index in [9.17, 15) is 12.8 Å². The Balaban J connectivity index is 1.36. The monoisotopic (exact) mass is 527 g/mol. The van der Waals surface area contributed by atoms with Gasteiger partial charge in [0.15, 0.2) is 5.82 Å². The Bertz CT molecular complexity index is 1360. The number of nitrogens with zero attached hydrogens (tertiary/aromatic N) is 4. The summed E-state index contributed by atoms with van der Waals surface area (Å²) in [7, 11) is -2.44. The topological polar surface area (TPSA) is 78.4 Å². The molecule has 1 unspecified atom stereocenters. The minimum absolute atomic E-state index is 0.217. The fraction of sp³-hybridized carbons (Fsp3) is 0.407. The predicted octanol–water partition coefficient (Wildman–Crippen LogP) is 4.60. The zero-order valence-corrected chi connectivity index (χ0v) is 21.8. The zero-order chi connectivity index (χ0) is 26.2. The van der Waals surface area contributed by atoms with E-state index in [1.807, 2.05) is 13.1 Å². The molecule has 3 atom stereocenters. The van der Waals surface area contributed by atoms with Crippen LogP contribution in [0.25, 0.3) is 0 Å². The van der Waals surface area contributed by atoms with Gasteiger partial charge in [0.05, 0.1) is 11.9 Å². The maximum absolute atomic E-state index is 15.5. The molecule has 1 aliphatic heterocycles. The highest BCUT2D eigenvalue weighted by Gasteiger charge is 2.42. The van der Waals surface area contributed by atoms with Crippen molar-refractivity contribution in [2.24, 2.45) is 11.8 Å². The molecule has 2 aromatic heterocycles. The number of hydrogen-bond donors (Lipinski definition) is 1. The lowest BCUT2D eigenvalue weighted by Gasteiger charge is -2.51. The van der Waals surface area contributed by atoms with Crippen LogP contribution in [0.15, 0.2) is 59.8 Å². The number of hydrogen-bond acceptors (Lipinski definition) is 6. The van der Waals surface area contributed by atoms with E-state index >= 15 is 4.39 Å². The largest absolute Gasteiger partial charge is 0.369 e. The van der Waals surface area contributed by atoms with Crippen molar-refractivity contribution in [3.05, 3.63) is 77.6 Å². The van der Waals surface area contributed by atoms with E-state index in [1.165, 1.54) is 30.3 Å². The van der Waals surface area contributed by atoms with Gasteiger partial charge in [0, 0.05) is 38.3 Å². The van der Waals surface area contributed by atoms with Gasteiger partial charge in [0.25, 0.3) is 10.0 Å². The van der Waals surface area contributed by atoms with Crippen LogP contribution in [0.1, 0.15) is 30.4 Å². The molecule has 37 heavy (non-hydrogen) atoms. The summed E-state index contributed by atoms with van der Waals surface area (Å²) in [6.45, 7) is 4.42. The number of benzene rings is 1. The third-order valence-corrected chi connectivity index (χ3v) is 8.86. The third-order valence-electron chi connectivity index (χ3n) is 7.59. The first kappa shape index (κ1) is 25.5. The Morgan fingerprint density at radius 2 is 1.76 bits per heavy atom. The van der Waals surface area contributed by atoms with Crippen molar-refractivity contribution >= 4 is 21.5 Å². The summed E-state index contributed by atoms with van der Waals surface area (Å²) in [5.41, 5.74) is 2.10. The van der Waals surface area contributed by atoms with Crippen molar-refractivity contribution in [1.29, 1.82) is 0 Å². The van der Waals surface area contributed by atoms with Gasteiger partial charge in [-0.3, -0.25) is 9.62 Å². The van der Waals surface area contributed by atoms with E-state index in [1.54, 1.807) is 6.92 Å². The average molecular weight is 528 g/mol. The van der Waals surface area contributed by atoms with Crippen molar-refractivity contribution in [3.63, 3.8) is 0 Å². The minimum atomic E-state index is -4.39. The van der Waals surface area contributed by atoms with Crippen LogP contribution in [0.5, 0.6) is 0 Å². The molecule has 0 amide bonds. The molecule has 0 spiro atoms. The Labute approximate surface area is 216 Å². The highest BCUT2D eigenvalue weighted by atomic mass is 32.2. The molecule has 1 N–H and O–H groups in total. The summed E-state index contributed by atoms with van der Waals surface area (Å²) >= 11 is 0. The number of fused-ring (bicyclic) bond motifs is 2. The summed E-state index contributed by atoms with van der Waals surface area (Å²) in [5, 5.41) is -0.730. The molecule has 0 radical (unpaired) electrons. The molecular weight excluding hydrogens is 496 g/mol. The number of nitrogens with one attached hydrogen (secondary N) is 1. The maximum atomic E-state index is 15.5. The summed E-state index contributed by atoms with van der Waals surface area (Å²) in [5.74, 6) is -1.15. The zero-order valence-electron chi connectivity index (χ0n) is 20.9. The SMILES string of the molecule is Cc1c(N(C)C2[C@@H]3CCC[C@H]2CN(Cc2ccccc2)C3)cnc(S(=O)(=O)Nc2cccc(F)n2)c1F. The van der Waals surface area contributed by atoms with E-state index in [2.05, 4.69) is 48.8 Å². The van der Waals surface area contributed by atoms with Crippen molar-refractivity contribution in [2.75, 3.05) is 29.8 Å². The maximum Gasteiger partial charge on any atom is 0.283 e. The molecule has 1 aliphatic carbocycles. The molecule has 1 aromatic carbocycles. The van der Waals surface area contributed by atoms with Crippen molar-refractivity contribution in [3.8, 4) is 0 Å². The Hall–Kier alpha value is -3.11. The van der Waals surface area contributed by atoms with Gasteiger partial charge < -0.3 is 4.90 Å². The normalized spacial score (nSPS) is 22.0. The van der Waals surface area contributed by atoms with Gasteiger partial charge in [-0.2, -0.15) is 12.8 Å². The average Bonchev–Trinajstić information content (AvgIpc) is 2.85. The molecule has 7 nitrogen and oxygen atoms in total. The first-order valence-corrected chi connectivity index (χ1v) is 14.0. The van der Waals surface area contributed by atoms with Crippen LogP contribution < -0.4 is 9.62 Å². The molecule has 5 rings (SSSR count). The van der Waals surface area contributed by atoms with Crippen LogP contribution in [-0.4, -0.2) is 49.5 Å². The number of likely N-dealkylation sites (tertiary alicyclic amines) is 1. The standard InChI is InChI=1S/C27H31F2N5O2S/c1-18-22(14-30-27(25(18)29)37(35,36)32-24-13-7-12-23(28)31-24)33(2)26-20-10-6-11-21(26)17-34(16-20)15-19-8-4-3-5-9-19/h3-5,7-9,12-14,20-21,26H,6,10-11,15-17H2,1-2H3,(H,31,32)/t20-,21+,26?. The predicted molar refractivity (Wildman–Crippen MR) is 139 cm³/mol. The number of halogens is 2. The van der Waals surface area contributed by atoms with Gasteiger partial charge in [0.1, 0.15) is 5.82 Å². The van der Waals surface area contributed by atoms with E-state index in [4.69, 9.17) is 0 Å². The summed E-state index contributed by atoms with van der Waals surface area (Å²) < 4.78 is 56.6. The molecule has 2 fully saturated rings.